The molecule has 24 heavy (non-hydrogen) atoms. The van der Waals surface area contributed by atoms with Gasteiger partial charge < -0.3 is 4.79 Å². The Kier molecular flexibility index (Phi) is 4.54. The average Bonchev–Trinajstić information content (AvgIpc) is 2.44. The van der Waals surface area contributed by atoms with Crippen molar-refractivity contribution in [1.82, 2.24) is 0 Å². The summed E-state index contributed by atoms with van der Waals surface area (Å²) in [6.07, 6.45) is 11.2. The lowest BCUT2D eigenvalue weighted by Crippen LogP contribution is -2.58. The molecule has 0 aliphatic heterocycles. The van der Waals surface area contributed by atoms with E-state index in [0.29, 0.717) is 27.9 Å². The highest BCUT2D eigenvalue weighted by molar-refractivity contribution is 5.75. The predicted molar refractivity (Wildman–Crippen MR) is 102 cm³/mol. The Labute approximate surface area is 149 Å². The minimum absolute atomic E-state index is 0.340. The Morgan fingerprint density at radius 2 is 1.75 bits per heavy atom. The lowest BCUT2D eigenvalue weighted by molar-refractivity contribution is -0.154. The summed E-state index contributed by atoms with van der Waals surface area (Å²) in [5.41, 5.74) is 2.79. The van der Waals surface area contributed by atoms with Crippen LogP contribution in [0.5, 0.6) is 0 Å². The van der Waals surface area contributed by atoms with Crippen molar-refractivity contribution in [3.8, 4) is 0 Å². The van der Waals surface area contributed by atoms with Crippen molar-refractivity contribution in [2.45, 2.75) is 92.4 Å². The summed E-state index contributed by atoms with van der Waals surface area (Å²) >= 11 is 0. The maximum atomic E-state index is 11.6. The smallest absolute Gasteiger partial charge is 0.129 e. The molecule has 0 spiro atoms. The molecular formula is C23H38O. The molecule has 1 heteroatoms. The highest BCUT2D eigenvalue weighted by Gasteiger charge is 2.60. The van der Waals surface area contributed by atoms with E-state index < -0.39 is 0 Å². The Bertz CT molecular complexity index is 530. The van der Waals surface area contributed by atoms with Gasteiger partial charge in [0.05, 0.1) is 0 Å². The second-order valence-electron chi connectivity index (χ2n) is 10.5. The van der Waals surface area contributed by atoms with Crippen LogP contribution in [0.1, 0.15) is 92.4 Å². The van der Waals surface area contributed by atoms with Crippen LogP contribution in [0.25, 0.3) is 0 Å². The van der Waals surface area contributed by atoms with E-state index in [-0.39, 0.29) is 0 Å². The minimum atomic E-state index is 0.340. The lowest BCUT2D eigenvalue weighted by Gasteiger charge is -2.66. The van der Waals surface area contributed by atoms with Crippen LogP contribution in [-0.2, 0) is 4.79 Å². The normalized spacial score (nSPS) is 44.5. The van der Waals surface area contributed by atoms with Gasteiger partial charge in [0.15, 0.2) is 0 Å². The predicted octanol–water partition coefficient (Wildman–Crippen LogP) is 6.57. The number of fused-ring (bicyclic) bond motifs is 3. The van der Waals surface area contributed by atoms with Crippen molar-refractivity contribution in [3.05, 3.63) is 12.2 Å². The fourth-order valence-corrected chi connectivity index (χ4v) is 7.61. The molecule has 0 saturated heterocycles. The van der Waals surface area contributed by atoms with Gasteiger partial charge >= 0.3 is 0 Å². The first-order chi connectivity index (χ1) is 11.1. The third kappa shape index (κ3) is 2.71. The minimum Gasteiger partial charge on any atom is -0.300 e. The molecule has 136 valence electrons. The Hall–Kier alpha value is -0.590. The number of hydrogen-bond acceptors (Lipinski definition) is 1. The molecule has 3 rings (SSSR count). The van der Waals surface area contributed by atoms with Crippen molar-refractivity contribution in [2.75, 3.05) is 0 Å². The summed E-state index contributed by atoms with van der Waals surface area (Å²) in [5.74, 6) is 2.58. The molecule has 0 N–H and O–H groups in total. The lowest BCUT2D eigenvalue weighted by atomic mass is 9.39. The number of ketones is 1. The van der Waals surface area contributed by atoms with Gasteiger partial charge in [-0.3, -0.25) is 0 Å². The van der Waals surface area contributed by atoms with E-state index in [9.17, 15) is 4.79 Å². The van der Waals surface area contributed by atoms with E-state index in [0.717, 1.165) is 24.7 Å². The standard InChI is InChI=1S/C23H38O/c1-16-8-11-20-22(5,18(16)10-9-17(2)24)15-12-19-21(3,4)13-7-14-23(19,20)6/h18-20H,1,7-15H2,2-6H3/t18-,19+,20+,22+,23+/m1/s1. The second kappa shape index (κ2) is 5.99. The summed E-state index contributed by atoms with van der Waals surface area (Å²) < 4.78 is 0. The van der Waals surface area contributed by atoms with E-state index in [1.54, 1.807) is 6.92 Å². The summed E-state index contributed by atoms with van der Waals surface area (Å²) in [6, 6.07) is 0. The van der Waals surface area contributed by atoms with Crippen LogP contribution < -0.4 is 0 Å². The van der Waals surface area contributed by atoms with E-state index >= 15 is 0 Å². The Morgan fingerprint density at radius 1 is 1.04 bits per heavy atom. The fraction of sp³-hybridized carbons (Fsp3) is 0.870. The van der Waals surface area contributed by atoms with E-state index in [2.05, 4.69) is 34.3 Å². The molecule has 0 bridgehead atoms. The van der Waals surface area contributed by atoms with Gasteiger partial charge in [-0.15, -0.1) is 0 Å². The number of rotatable bonds is 3. The quantitative estimate of drug-likeness (QED) is 0.535. The molecule has 0 unspecified atom stereocenters. The van der Waals surface area contributed by atoms with Crippen LogP contribution in [0.3, 0.4) is 0 Å². The number of carbonyl (C=O) groups excluding carboxylic acids is 1. The number of carbonyl (C=O) groups is 1. The van der Waals surface area contributed by atoms with Gasteiger partial charge in [0.1, 0.15) is 5.78 Å². The molecule has 3 saturated carbocycles. The molecule has 0 aromatic rings. The molecule has 3 fully saturated rings. The third-order valence-corrected chi connectivity index (χ3v) is 8.67. The van der Waals surface area contributed by atoms with Crippen molar-refractivity contribution in [2.24, 2.45) is 34.0 Å². The highest BCUT2D eigenvalue weighted by atomic mass is 16.1. The summed E-state index contributed by atoms with van der Waals surface area (Å²) in [5, 5.41) is 0. The zero-order valence-electron chi connectivity index (χ0n) is 16.7. The number of allylic oxidation sites excluding steroid dienone is 1. The van der Waals surface area contributed by atoms with Gasteiger partial charge in [-0.1, -0.05) is 46.3 Å². The Morgan fingerprint density at radius 3 is 2.42 bits per heavy atom. The van der Waals surface area contributed by atoms with Gasteiger partial charge in [0.25, 0.3) is 0 Å². The topological polar surface area (TPSA) is 17.1 Å². The van der Waals surface area contributed by atoms with Crippen LogP contribution in [0.2, 0.25) is 0 Å². The molecule has 0 heterocycles. The second-order valence-corrected chi connectivity index (χ2v) is 10.5. The molecule has 0 aromatic carbocycles. The van der Waals surface area contributed by atoms with Crippen LogP contribution in [0.15, 0.2) is 12.2 Å². The van der Waals surface area contributed by atoms with Gasteiger partial charge in [0.2, 0.25) is 0 Å². The molecule has 0 aromatic heterocycles. The molecule has 0 radical (unpaired) electrons. The fourth-order valence-electron chi connectivity index (χ4n) is 7.61. The van der Waals surface area contributed by atoms with E-state index in [4.69, 9.17) is 0 Å². The van der Waals surface area contributed by atoms with Gasteiger partial charge in [-0.05, 0) is 85.9 Å². The molecular weight excluding hydrogens is 292 g/mol. The summed E-state index contributed by atoms with van der Waals surface area (Å²) in [6.45, 7) is 16.4. The SMILES string of the molecule is C=C1CC[C@H]2[C@@](C)(CC[C@H]3C(C)(C)CCC[C@]23C)[C@@H]1CCC(C)=O. The molecule has 5 atom stereocenters. The number of Topliss-reactive ketones (excluding diaryl/α,β-unsaturated/α-hetero) is 1. The summed E-state index contributed by atoms with van der Waals surface area (Å²) in [7, 11) is 0. The average molecular weight is 331 g/mol. The summed E-state index contributed by atoms with van der Waals surface area (Å²) in [4.78, 5) is 11.6. The zero-order chi connectivity index (χ0) is 17.8. The largest absolute Gasteiger partial charge is 0.300 e. The molecule has 0 amide bonds. The first-order valence-electron chi connectivity index (χ1n) is 10.3. The zero-order valence-corrected chi connectivity index (χ0v) is 16.7. The van der Waals surface area contributed by atoms with Crippen molar-refractivity contribution in [3.63, 3.8) is 0 Å². The highest BCUT2D eigenvalue weighted by Crippen LogP contribution is 2.69. The van der Waals surface area contributed by atoms with Crippen LogP contribution in [0, 0.1) is 34.0 Å². The number of hydrogen-bond donors (Lipinski definition) is 0. The van der Waals surface area contributed by atoms with Gasteiger partial charge in [-0.2, -0.15) is 0 Å². The van der Waals surface area contributed by atoms with Crippen LogP contribution in [0.4, 0.5) is 0 Å². The van der Waals surface area contributed by atoms with Crippen LogP contribution in [-0.4, -0.2) is 5.78 Å². The van der Waals surface area contributed by atoms with Gasteiger partial charge in [-0.25, -0.2) is 0 Å². The monoisotopic (exact) mass is 330 g/mol. The molecule has 3 aliphatic carbocycles. The van der Waals surface area contributed by atoms with Gasteiger partial charge in [0, 0.05) is 6.42 Å². The molecule has 1 nitrogen and oxygen atoms in total. The van der Waals surface area contributed by atoms with E-state index in [1.165, 1.54) is 50.5 Å². The third-order valence-electron chi connectivity index (χ3n) is 8.67. The van der Waals surface area contributed by atoms with Crippen molar-refractivity contribution < 1.29 is 4.79 Å². The first kappa shape index (κ1) is 18.2. The van der Waals surface area contributed by atoms with Crippen molar-refractivity contribution >= 4 is 5.78 Å². The maximum Gasteiger partial charge on any atom is 0.129 e. The van der Waals surface area contributed by atoms with E-state index in [1.807, 2.05) is 0 Å². The Balaban J connectivity index is 1.93. The molecule has 3 aliphatic rings. The van der Waals surface area contributed by atoms with Crippen molar-refractivity contribution in [1.29, 1.82) is 0 Å². The first-order valence-corrected chi connectivity index (χ1v) is 10.3. The maximum absolute atomic E-state index is 11.6. The van der Waals surface area contributed by atoms with Crippen LogP contribution >= 0.6 is 0 Å².